The number of ether oxygens (including phenoxy) is 5. The van der Waals surface area contributed by atoms with Crippen molar-refractivity contribution in [2.24, 2.45) is 0 Å². The zero-order chi connectivity index (χ0) is 36.9. The summed E-state index contributed by atoms with van der Waals surface area (Å²) in [5.41, 5.74) is 3.86. The Bertz CT molecular complexity index is 1750. The second-order valence-corrected chi connectivity index (χ2v) is 14.6. The van der Waals surface area contributed by atoms with Gasteiger partial charge in [-0.1, -0.05) is 6.07 Å². The molecule has 6 rings (SSSR count). The fraction of sp³-hybridized carbons (Fsp3) is 0.543. The van der Waals surface area contributed by atoms with Crippen molar-refractivity contribution in [1.29, 1.82) is 0 Å². The Hall–Kier alpha value is -4.25. The number of rotatable bonds is 12. The Morgan fingerprint density at radius 2 is 1.86 bits per heavy atom. The molecule has 4 aliphatic heterocycles. The lowest BCUT2D eigenvalue weighted by Gasteiger charge is -2.61. The maximum atomic E-state index is 12.7. The number of carboxylic acids is 1. The fourth-order valence-corrected chi connectivity index (χ4v) is 9.70. The smallest absolute Gasteiger partial charge is 0.308 e. The average molecular weight is 730 g/mol. The number of nitrogens with zero attached hydrogens (tertiary/aromatic N) is 2. The zero-order valence-corrected chi connectivity index (χ0v) is 30.1. The van der Waals surface area contributed by atoms with Crippen LogP contribution in [0, 0.1) is 13.8 Å². The number of aliphatic carboxylic acids is 1. The molecule has 7 atom stereocenters. The predicted molar refractivity (Wildman–Crippen MR) is 182 cm³/mol. The number of phenolic OH excluding ortho intramolecular Hbond substituents is 1. The Kier molecular flexibility index (Phi) is 10.3. The van der Waals surface area contributed by atoms with Crippen LogP contribution in [0.4, 0.5) is 0 Å². The number of carboxylic acid groups (broad SMARTS) is 1. The summed E-state index contributed by atoms with van der Waals surface area (Å²) in [5.74, 6) is -0.433. The first kappa shape index (κ1) is 36.5. The predicted octanol–water partition coefficient (Wildman–Crippen LogP) is 2.64. The Labute approximate surface area is 299 Å². The molecule has 0 saturated carbocycles. The lowest BCUT2D eigenvalue weighted by atomic mass is 9.73. The van der Waals surface area contributed by atoms with E-state index in [9.17, 15) is 29.4 Å². The Morgan fingerprint density at radius 1 is 1.14 bits per heavy atom. The summed E-state index contributed by atoms with van der Waals surface area (Å²) in [7, 11) is 3.38. The largest absolute Gasteiger partial charge is 0.504 e. The number of hydrogen-bond donors (Lipinski definition) is 4. The monoisotopic (exact) mass is 729 g/mol. The number of amides is 1. The first-order valence-corrected chi connectivity index (χ1v) is 17.7. The van der Waals surface area contributed by atoms with E-state index in [1.54, 1.807) is 13.8 Å². The van der Waals surface area contributed by atoms with Gasteiger partial charge < -0.3 is 44.3 Å². The normalized spacial score (nSPS) is 25.2. The minimum Gasteiger partial charge on any atom is -0.504 e. The third-order valence-corrected chi connectivity index (χ3v) is 11.8. The van der Waals surface area contributed by atoms with Crippen molar-refractivity contribution in [2.75, 3.05) is 33.3 Å². The van der Waals surface area contributed by atoms with Gasteiger partial charge in [0.25, 0.3) is 6.47 Å². The number of fused-ring (bicyclic) bond motifs is 9. The molecule has 51 heavy (non-hydrogen) atoms. The number of thioether (sulfide) groups is 1. The lowest BCUT2D eigenvalue weighted by molar-refractivity contribution is -0.181. The van der Waals surface area contributed by atoms with Gasteiger partial charge in [-0.2, -0.15) is 0 Å². The standard InChI is InChI=1S/C35H43N3O12S/c1-15-9-19-10-20-35(45)38-21(11-47-13-39)25-26(31(50-18(4)40)17(3)32-33(25)49-14-48-32)34(51-12-16(2)36-22(41)7-8-23(42)43)28(38)27(37(20)5)24(19)29(44)30(15)46-6/h9,13,16,20-21,27-28,34-35,44-45H,7-8,10-12,14H2,1-6H3,(H,36,41)(H,42,43)/t16-,20+,21+,27+,28?,34-,35+/m1/s1. The maximum Gasteiger partial charge on any atom is 0.308 e. The zero-order valence-electron chi connectivity index (χ0n) is 29.3. The van der Waals surface area contributed by atoms with Crippen LogP contribution in [0.25, 0.3) is 0 Å². The molecule has 1 fully saturated rings. The van der Waals surface area contributed by atoms with Crippen LogP contribution in [0.15, 0.2) is 6.07 Å². The minimum atomic E-state index is -1.10. The molecule has 0 radical (unpaired) electrons. The number of piperazine rings is 1. The molecule has 4 N–H and O–H groups in total. The van der Waals surface area contributed by atoms with Crippen molar-refractivity contribution in [1.82, 2.24) is 15.1 Å². The van der Waals surface area contributed by atoms with Crippen LogP contribution in [0.2, 0.25) is 0 Å². The van der Waals surface area contributed by atoms with Gasteiger partial charge in [0.05, 0.1) is 36.9 Å². The number of likely N-dealkylation sites (N-methyl/N-ethyl adjacent to an activating group) is 1. The van der Waals surface area contributed by atoms with Gasteiger partial charge in [-0.3, -0.25) is 29.0 Å². The highest BCUT2D eigenvalue weighted by Gasteiger charge is 2.60. The van der Waals surface area contributed by atoms with Crippen molar-refractivity contribution in [3.8, 4) is 28.7 Å². The van der Waals surface area contributed by atoms with Gasteiger partial charge in [-0.05, 0) is 45.4 Å². The number of nitrogens with one attached hydrogen (secondary N) is 1. The number of aliphatic hydroxyl groups is 1. The van der Waals surface area contributed by atoms with E-state index in [-0.39, 0.29) is 37.7 Å². The van der Waals surface area contributed by atoms with Gasteiger partial charge in [0.15, 0.2) is 23.0 Å². The van der Waals surface area contributed by atoms with E-state index < -0.39 is 59.5 Å². The molecule has 0 aliphatic carbocycles. The third kappa shape index (κ3) is 6.32. The van der Waals surface area contributed by atoms with Gasteiger partial charge in [0.2, 0.25) is 12.7 Å². The first-order chi connectivity index (χ1) is 24.3. The summed E-state index contributed by atoms with van der Waals surface area (Å²) in [4.78, 5) is 52.1. The number of aryl methyl sites for hydroxylation is 1. The van der Waals surface area contributed by atoms with Crippen LogP contribution in [-0.4, -0.2) is 107 Å². The number of aliphatic hydroxyl groups excluding tert-OH is 1. The molecule has 0 aromatic heterocycles. The van der Waals surface area contributed by atoms with E-state index >= 15 is 0 Å². The number of esters is 1. The summed E-state index contributed by atoms with van der Waals surface area (Å²) >= 11 is 1.44. The van der Waals surface area contributed by atoms with Crippen molar-refractivity contribution >= 4 is 36.1 Å². The fourth-order valence-electron chi connectivity index (χ4n) is 8.24. The molecular weight excluding hydrogens is 686 g/mol. The SMILES string of the molecule is COc1c(C)cc2c(c1O)[C@H]1C3[C@H](SC[C@@H](C)NC(=O)CCC(=O)O)c4c(OC(C)=O)c(C)c5c(c4[C@H](COC=O)N3[C@@H](O)[C@H](C2)N1C)OCO5. The Balaban J connectivity index is 1.58. The molecule has 15 nitrogen and oxygen atoms in total. The summed E-state index contributed by atoms with van der Waals surface area (Å²) < 4.78 is 29.0. The summed E-state index contributed by atoms with van der Waals surface area (Å²) in [6.45, 7) is 6.75. The number of methoxy groups -OCH3 is 1. The first-order valence-electron chi connectivity index (χ1n) is 16.7. The van der Waals surface area contributed by atoms with E-state index in [1.165, 1.54) is 25.8 Å². The van der Waals surface area contributed by atoms with Gasteiger partial charge in [0.1, 0.15) is 18.6 Å². The molecule has 1 unspecified atom stereocenters. The lowest BCUT2D eigenvalue weighted by Crippen LogP contribution is -2.69. The molecular formula is C35H43N3O12S. The molecule has 0 spiro atoms. The van der Waals surface area contributed by atoms with Crippen molar-refractivity contribution in [3.63, 3.8) is 0 Å². The van der Waals surface area contributed by atoms with E-state index in [2.05, 4.69) is 5.32 Å². The van der Waals surface area contributed by atoms with Crippen LogP contribution in [0.1, 0.15) is 77.4 Å². The molecule has 4 heterocycles. The maximum absolute atomic E-state index is 12.7. The van der Waals surface area contributed by atoms with Crippen molar-refractivity contribution in [3.05, 3.63) is 39.4 Å². The van der Waals surface area contributed by atoms with E-state index in [0.717, 1.165) is 11.1 Å². The quantitative estimate of drug-likeness (QED) is 0.141. The number of carbonyl (C=O) groups excluding carboxylic acids is 3. The van der Waals surface area contributed by atoms with Crippen molar-refractivity contribution in [2.45, 2.75) is 88.6 Å². The average Bonchev–Trinajstić information content (AvgIpc) is 3.56. The summed E-state index contributed by atoms with van der Waals surface area (Å²) in [5, 5.41) is 35.5. The number of phenols is 1. The van der Waals surface area contributed by atoms with E-state index in [0.29, 0.717) is 58.1 Å². The third-order valence-electron chi connectivity index (χ3n) is 10.2. The topological polar surface area (TPSA) is 194 Å². The van der Waals surface area contributed by atoms with Crippen molar-refractivity contribution < 1.29 is 58.2 Å². The minimum absolute atomic E-state index is 0.0180. The Morgan fingerprint density at radius 3 is 2.53 bits per heavy atom. The van der Waals surface area contributed by atoms with Gasteiger partial charge in [-0.25, -0.2) is 0 Å². The van der Waals surface area contributed by atoms with Crippen LogP contribution < -0.4 is 24.3 Å². The highest BCUT2D eigenvalue weighted by molar-refractivity contribution is 7.99. The molecule has 2 aromatic rings. The highest BCUT2D eigenvalue weighted by atomic mass is 32.2. The summed E-state index contributed by atoms with van der Waals surface area (Å²) in [6.07, 6.45) is -1.18. The van der Waals surface area contributed by atoms with E-state index in [4.69, 9.17) is 28.8 Å². The summed E-state index contributed by atoms with van der Waals surface area (Å²) in [6, 6.07) is -0.900. The molecule has 2 bridgehead atoms. The number of aromatic hydroxyl groups is 1. The van der Waals surface area contributed by atoms with Crippen LogP contribution in [-0.2, 0) is 30.3 Å². The number of carbonyl (C=O) groups is 4. The number of hydrogen-bond acceptors (Lipinski definition) is 14. The molecule has 2 aromatic carbocycles. The van der Waals surface area contributed by atoms with E-state index in [1.807, 2.05) is 29.8 Å². The highest BCUT2D eigenvalue weighted by Crippen LogP contribution is 2.63. The molecule has 16 heteroatoms. The molecule has 276 valence electrons. The molecule has 4 aliphatic rings. The molecule has 1 saturated heterocycles. The van der Waals surface area contributed by atoms with Gasteiger partial charge in [-0.15, -0.1) is 11.8 Å². The van der Waals surface area contributed by atoms with Crippen LogP contribution in [0.5, 0.6) is 28.7 Å². The number of benzene rings is 2. The second kappa shape index (κ2) is 14.4. The second-order valence-electron chi connectivity index (χ2n) is 13.4. The van der Waals surface area contributed by atoms with Gasteiger partial charge in [0, 0.05) is 53.4 Å². The van der Waals surface area contributed by atoms with Gasteiger partial charge >= 0.3 is 11.9 Å². The molecule has 1 amide bonds. The van der Waals surface area contributed by atoms with Crippen LogP contribution in [0.3, 0.4) is 0 Å². The van der Waals surface area contributed by atoms with Crippen LogP contribution >= 0.6 is 11.8 Å².